The van der Waals surface area contributed by atoms with E-state index >= 15 is 0 Å². The Morgan fingerprint density at radius 3 is 2.81 bits per heavy atom. The van der Waals surface area contributed by atoms with Crippen molar-refractivity contribution in [2.45, 2.75) is 45.4 Å². The van der Waals surface area contributed by atoms with Crippen molar-refractivity contribution >= 4 is 17.5 Å². The van der Waals surface area contributed by atoms with E-state index in [9.17, 15) is 9.59 Å². The number of hydrogen-bond donors (Lipinski definition) is 1. The van der Waals surface area contributed by atoms with E-state index in [2.05, 4.69) is 10.3 Å². The predicted molar refractivity (Wildman–Crippen MR) is 103 cm³/mol. The molecule has 1 saturated heterocycles. The average molecular weight is 367 g/mol. The van der Waals surface area contributed by atoms with Gasteiger partial charge in [0, 0.05) is 42.8 Å². The quantitative estimate of drug-likeness (QED) is 0.851. The molecule has 142 valence electrons. The van der Waals surface area contributed by atoms with Gasteiger partial charge in [-0.05, 0) is 56.5 Å². The highest BCUT2D eigenvalue weighted by Gasteiger charge is 2.24. The fourth-order valence-corrected chi connectivity index (χ4v) is 3.08. The highest BCUT2D eigenvalue weighted by atomic mass is 16.5. The van der Waals surface area contributed by atoms with E-state index in [-0.39, 0.29) is 17.9 Å². The zero-order chi connectivity index (χ0) is 19.2. The molecule has 0 aliphatic carbocycles. The van der Waals surface area contributed by atoms with Crippen molar-refractivity contribution in [2.75, 3.05) is 11.9 Å². The molecule has 6 nitrogen and oxygen atoms in total. The fraction of sp³-hybridized carbons (Fsp3) is 0.381. The number of ether oxygens (including phenoxy) is 1. The minimum absolute atomic E-state index is 0.0304. The number of benzene rings is 1. The number of aromatic nitrogens is 1. The molecule has 1 unspecified atom stereocenters. The summed E-state index contributed by atoms with van der Waals surface area (Å²) in [4.78, 5) is 31.2. The molecular formula is C21H25N3O3. The zero-order valence-corrected chi connectivity index (χ0v) is 15.7. The summed E-state index contributed by atoms with van der Waals surface area (Å²) in [5.41, 5.74) is 2.12. The maximum atomic E-state index is 13.1. The van der Waals surface area contributed by atoms with Gasteiger partial charge in [0.1, 0.15) is 6.10 Å². The highest BCUT2D eigenvalue weighted by molar-refractivity contribution is 5.98. The van der Waals surface area contributed by atoms with Gasteiger partial charge in [-0.15, -0.1) is 0 Å². The molecule has 0 bridgehead atoms. The van der Waals surface area contributed by atoms with E-state index in [0.717, 1.165) is 18.4 Å². The Labute approximate surface area is 159 Å². The van der Waals surface area contributed by atoms with Crippen molar-refractivity contribution in [1.29, 1.82) is 0 Å². The molecule has 0 saturated carbocycles. The third-order valence-electron chi connectivity index (χ3n) is 4.56. The second-order valence-corrected chi connectivity index (χ2v) is 6.96. The van der Waals surface area contributed by atoms with Crippen LogP contribution in [0.1, 0.15) is 42.6 Å². The second kappa shape index (κ2) is 8.77. The van der Waals surface area contributed by atoms with Crippen molar-refractivity contribution in [3.05, 3.63) is 59.9 Å². The molecule has 1 atom stereocenters. The van der Waals surface area contributed by atoms with Crippen LogP contribution in [0, 0.1) is 0 Å². The third kappa shape index (κ3) is 4.92. The maximum Gasteiger partial charge on any atom is 0.254 e. The van der Waals surface area contributed by atoms with Crippen LogP contribution < -0.4 is 5.32 Å². The van der Waals surface area contributed by atoms with Gasteiger partial charge in [-0.25, -0.2) is 0 Å². The number of amides is 2. The lowest BCUT2D eigenvalue weighted by Gasteiger charge is -2.27. The summed E-state index contributed by atoms with van der Waals surface area (Å²) in [7, 11) is 0. The zero-order valence-electron chi connectivity index (χ0n) is 15.7. The van der Waals surface area contributed by atoms with Crippen LogP contribution >= 0.6 is 0 Å². The molecule has 27 heavy (non-hydrogen) atoms. The molecule has 0 spiro atoms. The topological polar surface area (TPSA) is 71.5 Å². The predicted octanol–water partition coefficient (Wildman–Crippen LogP) is 3.25. The van der Waals surface area contributed by atoms with E-state index in [0.29, 0.717) is 24.4 Å². The Kier molecular flexibility index (Phi) is 6.19. The third-order valence-corrected chi connectivity index (χ3v) is 4.56. The molecule has 6 heteroatoms. The number of anilines is 1. The van der Waals surface area contributed by atoms with Crippen molar-refractivity contribution in [1.82, 2.24) is 9.88 Å². The number of nitrogens with zero attached hydrogens (tertiary/aromatic N) is 2. The Balaban J connectivity index is 1.73. The molecule has 2 heterocycles. The van der Waals surface area contributed by atoms with E-state index in [1.54, 1.807) is 41.6 Å². The van der Waals surface area contributed by atoms with Crippen LogP contribution in [0.3, 0.4) is 0 Å². The number of rotatable bonds is 6. The van der Waals surface area contributed by atoms with Gasteiger partial charge in [0.25, 0.3) is 11.8 Å². The molecule has 1 aliphatic rings. The Morgan fingerprint density at radius 1 is 1.30 bits per heavy atom. The first kappa shape index (κ1) is 19.0. The maximum absolute atomic E-state index is 13.1. The number of hydrogen-bond acceptors (Lipinski definition) is 4. The van der Waals surface area contributed by atoms with Crippen molar-refractivity contribution in [2.24, 2.45) is 0 Å². The summed E-state index contributed by atoms with van der Waals surface area (Å²) in [6, 6.07) is 10.9. The van der Waals surface area contributed by atoms with Gasteiger partial charge in [-0.3, -0.25) is 14.6 Å². The molecule has 1 aromatic heterocycles. The number of pyridine rings is 1. The normalized spacial score (nSPS) is 16.3. The largest absolute Gasteiger partial charge is 0.368 e. The SMILES string of the molecule is CC(C)N(Cc1cccnc1)C(=O)c1cccc(NC(=O)C2CCCO2)c1. The average Bonchev–Trinajstić information content (AvgIpc) is 3.21. The molecule has 2 amide bonds. The van der Waals surface area contributed by atoms with Crippen LogP contribution in [0.5, 0.6) is 0 Å². The summed E-state index contributed by atoms with van der Waals surface area (Å²) in [5.74, 6) is -0.241. The molecule has 0 radical (unpaired) electrons. The molecule has 1 aromatic carbocycles. The minimum Gasteiger partial charge on any atom is -0.368 e. The lowest BCUT2D eigenvalue weighted by molar-refractivity contribution is -0.124. The first-order valence-electron chi connectivity index (χ1n) is 9.27. The lowest BCUT2D eigenvalue weighted by Crippen LogP contribution is -2.36. The van der Waals surface area contributed by atoms with Crippen molar-refractivity contribution < 1.29 is 14.3 Å². The van der Waals surface area contributed by atoms with Gasteiger partial charge in [-0.1, -0.05) is 12.1 Å². The number of carbonyl (C=O) groups excluding carboxylic acids is 2. The summed E-state index contributed by atoms with van der Waals surface area (Å²) in [6.45, 7) is 5.07. The summed E-state index contributed by atoms with van der Waals surface area (Å²) >= 11 is 0. The summed E-state index contributed by atoms with van der Waals surface area (Å²) < 4.78 is 5.41. The van der Waals surface area contributed by atoms with E-state index in [1.165, 1.54) is 0 Å². The highest BCUT2D eigenvalue weighted by Crippen LogP contribution is 2.19. The molecule has 1 N–H and O–H groups in total. The first-order valence-corrected chi connectivity index (χ1v) is 9.27. The van der Waals surface area contributed by atoms with Crippen LogP contribution in [-0.4, -0.2) is 40.5 Å². The van der Waals surface area contributed by atoms with E-state index in [4.69, 9.17) is 4.74 Å². The minimum atomic E-state index is -0.401. The molecule has 1 aliphatic heterocycles. The second-order valence-electron chi connectivity index (χ2n) is 6.96. The van der Waals surface area contributed by atoms with Crippen LogP contribution in [0.15, 0.2) is 48.8 Å². The van der Waals surface area contributed by atoms with Crippen molar-refractivity contribution in [3.63, 3.8) is 0 Å². The lowest BCUT2D eigenvalue weighted by atomic mass is 10.1. The monoisotopic (exact) mass is 367 g/mol. The van der Waals surface area contributed by atoms with Gasteiger partial charge < -0.3 is 15.0 Å². The first-order chi connectivity index (χ1) is 13.0. The smallest absolute Gasteiger partial charge is 0.254 e. The van der Waals surface area contributed by atoms with Gasteiger partial charge in [0.05, 0.1) is 0 Å². The van der Waals surface area contributed by atoms with Gasteiger partial charge in [-0.2, -0.15) is 0 Å². The van der Waals surface area contributed by atoms with E-state index in [1.807, 2.05) is 26.0 Å². The van der Waals surface area contributed by atoms with Crippen LogP contribution in [0.2, 0.25) is 0 Å². The Hall–Kier alpha value is -2.73. The molecule has 2 aromatic rings. The van der Waals surface area contributed by atoms with Crippen LogP contribution in [-0.2, 0) is 16.1 Å². The van der Waals surface area contributed by atoms with Gasteiger partial charge in [0.2, 0.25) is 0 Å². The van der Waals surface area contributed by atoms with Crippen molar-refractivity contribution in [3.8, 4) is 0 Å². The summed E-state index contributed by atoms with van der Waals surface area (Å²) in [5, 5.41) is 2.85. The fourth-order valence-electron chi connectivity index (χ4n) is 3.08. The molecule has 1 fully saturated rings. The van der Waals surface area contributed by atoms with Crippen LogP contribution in [0.25, 0.3) is 0 Å². The standard InChI is InChI=1S/C21H25N3O3/c1-15(2)24(14-16-6-4-10-22-13-16)21(26)17-7-3-8-18(12-17)23-20(25)19-9-5-11-27-19/h3-4,6-8,10,12-13,15,19H,5,9,11,14H2,1-2H3,(H,23,25). The number of nitrogens with one attached hydrogen (secondary N) is 1. The molecular weight excluding hydrogens is 342 g/mol. The van der Waals surface area contributed by atoms with E-state index < -0.39 is 6.10 Å². The van der Waals surface area contributed by atoms with Gasteiger partial charge >= 0.3 is 0 Å². The van der Waals surface area contributed by atoms with Gasteiger partial charge in [0.15, 0.2) is 0 Å². The number of carbonyl (C=O) groups is 2. The van der Waals surface area contributed by atoms with Crippen LogP contribution in [0.4, 0.5) is 5.69 Å². The molecule has 3 rings (SSSR count). The summed E-state index contributed by atoms with van der Waals surface area (Å²) in [6.07, 6.45) is 4.71. The Morgan fingerprint density at radius 2 is 2.15 bits per heavy atom. The Bertz CT molecular complexity index is 786.